The van der Waals surface area contributed by atoms with Gasteiger partial charge in [-0.15, -0.1) is 0 Å². The minimum Gasteiger partial charge on any atom is -0.452 e. The molecule has 2 aromatic rings. The van der Waals surface area contributed by atoms with Crippen molar-refractivity contribution in [3.63, 3.8) is 0 Å². The highest BCUT2D eigenvalue weighted by atomic mass is 79.9. The predicted octanol–water partition coefficient (Wildman–Crippen LogP) is 3.33. The summed E-state index contributed by atoms with van der Waals surface area (Å²) in [5.41, 5.74) is 1.73. The zero-order valence-corrected chi connectivity index (χ0v) is 13.7. The molecule has 0 bridgehead atoms. The number of para-hydroxylation sites is 1. The van der Waals surface area contributed by atoms with Crippen molar-refractivity contribution in [2.45, 2.75) is 6.42 Å². The van der Waals surface area contributed by atoms with E-state index in [-0.39, 0.29) is 11.5 Å². The number of nitrogens with zero attached hydrogens (tertiary/aromatic N) is 1. The van der Waals surface area contributed by atoms with E-state index < -0.39 is 18.4 Å². The second-order valence-corrected chi connectivity index (χ2v) is 6.04. The monoisotopic (exact) mass is 377 g/mol. The van der Waals surface area contributed by atoms with E-state index in [1.54, 1.807) is 4.90 Å². The molecule has 0 unspecified atom stereocenters. The normalized spacial score (nSPS) is 12.9. The SMILES string of the molecule is O=C(OCC(=O)N1CCc2ccccc21)c1ccc(Br)cc1F. The van der Waals surface area contributed by atoms with Gasteiger partial charge in [-0.25, -0.2) is 9.18 Å². The Kier molecular flexibility index (Phi) is 4.43. The lowest BCUT2D eigenvalue weighted by Gasteiger charge is -2.17. The van der Waals surface area contributed by atoms with Gasteiger partial charge in [0.15, 0.2) is 6.61 Å². The van der Waals surface area contributed by atoms with Gasteiger partial charge in [0.25, 0.3) is 5.91 Å². The molecule has 4 nitrogen and oxygen atoms in total. The number of halogens is 2. The average molecular weight is 378 g/mol. The van der Waals surface area contributed by atoms with Gasteiger partial charge >= 0.3 is 5.97 Å². The summed E-state index contributed by atoms with van der Waals surface area (Å²) < 4.78 is 19.2. The van der Waals surface area contributed by atoms with E-state index in [1.165, 1.54) is 18.2 Å². The summed E-state index contributed by atoms with van der Waals surface area (Å²) in [5.74, 6) is -1.86. The number of ether oxygens (including phenoxy) is 1. The summed E-state index contributed by atoms with van der Waals surface area (Å²) in [5, 5.41) is 0. The average Bonchev–Trinajstić information content (AvgIpc) is 2.96. The molecule has 0 spiro atoms. The third-order valence-corrected chi connectivity index (χ3v) is 4.16. The van der Waals surface area contributed by atoms with E-state index in [4.69, 9.17) is 4.74 Å². The lowest BCUT2D eigenvalue weighted by atomic mass is 10.2. The van der Waals surface area contributed by atoms with Crippen molar-refractivity contribution in [3.05, 3.63) is 63.9 Å². The molecule has 0 atom stereocenters. The number of carbonyl (C=O) groups excluding carboxylic acids is 2. The van der Waals surface area contributed by atoms with Crippen LogP contribution in [-0.2, 0) is 16.0 Å². The van der Waals surface area contributed by atoms with Crippen molar-refractivity contribution in [1.29, 1.82) is 0 Å². The number of anilines is 1. The molecule has 0 aromatic heterocycles. The van der Waals surface area contributed by atoms with Gasteiger partial charge in [0.2, 0.25) is 0 Å². The smallest absolute Gasteiger partial charge is 0.341 e. The minimum atomic E-state index is -0.851. The zero-order valence-electron chi connectivity index (χ0n) is 12.1. The molecule has 3 rings (SSSR count). The van der Waals surface area contributed by atoms with Crippen LogP contribution in [0.25, 0.3) is 0 Å². The fourth-order valence-corrected chi connectivity index (χ4v) is 2.87. The largest absolute Gasteiger partial charge is 0.452 e. The van der Waals surface area contributed by atoms with Gasteiger partial charge in [0, 0.05) is 16.7 Å². The molecule has 0 N–H and O–H groups in total. The van der Waals surface area contributed by atoms with Crippen LogP contribution in [0.5, 0.6) is 0 Å². The van der Waals surface area contributed by atoms with E-state index in [0.717, 1.165) is 17.7 Å². The molecule has 0 aliphatic carbocycles. The first-order valence-electron chi connectivity index (χ1n) is 7.06. The Morgan fingerprint density at radius 1 is 1.22 bits per heavy atom. The van der Waals surface area contributed by atoms with Crippen molar-refractivity contribution in [1.82, 2.24) is 0 Å². The Balaban J connectivity index is 1.65. The summed E-state index contributed by atoms with van der Waals surface area (Å²) in [6.07, 6.45) is 0.775. The Bertz CT molecular complexity index is 778. The van der Waals surface area contributed by atoms with Crippen molar-refractivity contribution in [2.75, 3.05) is 18.1 Å². The Morgan fingerprint density at radius 3 is 2.78 bits per heavy atom. The molecule has 1 heterocycles. The van der Waals surface area contributed by atoms with Crippen LogP contribution in [0.4, 0.5) is 10.1 Å². The van der Waals surface area contributed by atoms with Crippen LogP contribution in [-0.4, -0.2) is 25.0 Å². The van der Waals surface area contributed by atoms with E-state index in [1.807, 2.05) is 24.3 Å². The van der Waals surface area contributed by atoms with Crippen LogP contribution >= 0.6 is 15.9 Å². The predicted molar refractivity (Wildman–Crippen MR) is 86.9 cm³/mol. The van der Waals surface area contributed by atoms with Crippen LogP contribution in [0.3, 0.4) is 0 Å². The first-order valence-corrected chi connectivity index (χ1v) is 7.86. The Hall–Kier alpha value is -2.21. The van der Waals surface area contributed by atoms with Gasteiger partial charge in [-0.3, -0.25) is 4.79 Å². The van der Waals surface area contributed by atoms with Crippen molar-refractivity contribution in [2.24, 2.45) is 0 Å². The van der Waals surface area contributed by atoms with Crippen LogP contribution in [0, 0.1) is 5.82 Å². The minimum absolute atomic E-state index is 0.192. The Morgan fingerprint density at radius 2 is 2.00 bits per heavy atom. The molecule has 1 amide bonds. The molecular weight excluding hydrogens is 365 g/mol. The molecule has 1 aliphatic heterocycles. The van der Waals surface area contributed by atoms with Crippen LogP contribution < -0.4 is 4.90 Å². The topological polar surface area (TPSA) is 46.6 Å². The molecule has 6 heteroatoms. The lowest BCUT2D eigenvalue weighted by molar-refractivity contribution is -0.121. The van der Waals surface area contributed by atoms with E-state index >= 15 is 0 Å². The summed E-state index contributed by atoms with van der Waals surface area (Å²) in [6.45, 7) is 0.144. The molecule has 118 valence electrons. The fourth-order valence-electron chi connectivity index (χ4n) is 2.54. The van der Waals surface area contributed by atoms with Crippen LogP contribution in [0.1, 0.15) is 15.9 Å². The lowest BCUT2D eigenvalue weighted by Crippen LogP contribution is -2.33. The number of fused-ring (bicyclic) bond motifs is 1. The highest BCUT2D eigenvalue weighted by molar-refractivity contribution is 9.10. The molecular formula is C17H13BrFNO3. The first-order chi connectivity index (χ1) is 11.1. The van der Waals surface area contributed by atoms with Crippen LogP contribution in [0.2, 0.25) is 0 Å². The summed E-state index contributed by atoms with van der Waals surface area (Å²) in [6, 6.07) is 11.6. The quantitative estimate of drug-likeness (QED) is 0.770. The number of hydrogen-bond donors (Lipinski definition) is 0. The van der Waals surface area contributed by atoms with Gasteiger partial charge in [0.1, 0.15) is 5.82 Å². The van der Waals surface area contributed by atoms with Crippen molar-refractivity contribution in [3.8, 4) is 0 Å². The summed E-state index contributed by atoms with van der Waals surface area (Å²) >= 11 is 3.11. The highest BCUT2D eigenvalue weighted by Gasteiger charge is 2.25. The van der Waals surface area contributed by atoms with Crippen LogP contribution in [0.15, 0.2) is 46.9 Å². The third-order valence-electron chi connectivity index (χ3n) is 3.67. The molecule has 2 aromatic carbocycles. The molecule has 0 saturated carbocycles. The number of benzene rings is 2. The van der Waals surface area contributed by atoms with Gasteiger partial charge in [-0.1, -0.05) is 34.1 Å². The summed E-state index contributed by atoms with van der Waals surface area (Å²) in [7, 11) is 0. The fraction of sp³-hybridized carbons (Fsp3) is 0.176. The molecule has 0 fully saturated rings. The van der Waals surface area contributed by atoms with Crippen molar-refractivity contribution >= 4 is 33.5 Å². The zero-order chi connectivity index (χ0) is 16.4. The number of rotatable bonds is 3. The van der Waals surface area contributed by atoms with Gasteiger partial charge in [0.05, 0.1) is 5.56 Å². The van der Waals surface area contributed by atoms with Crippen molar-refractivity contribution < 1.29 is 18.7 Å². The third kappa shape index (κ3) is 3.27. The second kappa shape index (κ2) is 6.50. The number of amides is 1. The maximum absolute atomic E-state index is 13.7. The highest BCUT2D eigenvalue weighted by Crippen LogP contribution is 2.27. The van der Waals surface area contributed by atoms with Gasteiger partial charge in [-0.2, -0.15) is 0 Å². The molecule has 0 radical (unpaired) electrons. The maximum Gasteiger partial charge on any atom is 0.341 e. The number of carbonyl (C=O) groups is 2. The number of esters is 1. The van der Waals surface area contributed by atoms with E-state index in [2.05, 4.69) is 15.9 Å². The second-order valence-electron chi connectivity index (χ2n) is 5.12. The molecule has 23 heavy (non-hydrogen) atoms. The maximum atomic E-state index is 13.7. The molecule has 0 saturated heterocycles. The van der Waals surface area contributed by atoms with E-state index in [0.29, 0.717) is 11.0 Å². The number of hydrogen-bond acceptors (Lipinski definition) is 3. The summed E-state index contributed by atoms with van der Waals surface area (Å²) in [4.78, 5) is 25.7. The van der Waals surface area contributed by atoms with Gasteiger partial charge in [-0.05, 0) is 36.2 Å². The standard InChI is InChI=1S/C17H13BrFNO3/c18-12-5-6-13(14(19)9-12)17(22)23-10-16(21)20-8-7-11-3-1-2-4-15(11)20/h1-6,9H,7-8,10H2. The Labute approximate surface area is 141 Å². The van der Waals surface area contributed by atoms with Gasteiger partial charge < -0.3 is 9.64 Å². The molecule has 1 aliphatic rings. The van der Waals surface area contributed by atoms with E-state index in [9.17, 15) is 14.0 Å². The first kappa shape index (κ1) is 15.7.